The van der Waals surface area contributed by atoms with Crippen LogP contribution in [0.3, 0.4) is 0 Å². The third-order valence-electron chi connectivity index (χ3n) is 4.38. The maximum atomic E-state index is 10.9. The topological polar surface area (TPSA) is 46.3 Å². The Morgan fingerprint density at radius 2 is 1.09 bits per heavy atom. The van der Waals surface area contributed by atoms with E-state index in [1.54, 1.807) is 27.6 Å². The number of hydrogen-bond acceptors (Lipinski definition) is 3. The van der Waals surface area contributed by atoms with Gasteiger partial charge in [0, 0.05) is 29.1 Å². The van der Waals surface area contributed by atoms with Crippen molar-refractivity contribution in [2.24, 2.45) is 5.84 Å². The highest BCUT2D eigenvalue weighted by Gasteiger charge is 2.02. The summed E-state index contributed by atoms with van der Waals surface area (Å²) in [7, 11) is 0. The van der Waals surface area contributed by atoms with Crippen molar-refractivity contribution in [3.8, 4) is 0 Å². The van der Waals surface area contributed by atoms with Crippen LogP contribution in [0.25, 0.3) is 0 Å². The van der Waals surface area contributed by atoms with Gasteiger partial charge >= 0.3 is 0 Å². The van der Waals surface area contributed by atoms with E-state index in [1.807, 2.05) is 0 Å². The van der Waals surface area contributed by atoms with Crippen LogP contribution < -0.4 is 5.84 Å². The number of rotatable bonds is 18. The van der Waals surface area contributed by atoms with Crippen molar-refractivity contribution >= 4 is 26.4 Å². The SMILES string of the molecule is CCCCCCCCCCCCCCCCCN(N)CC(=O)I. The number of nitrogens with two attached hydrogens (primary N) is 1. The highest BCUT2D eigenvalue weighted by molar-refractivity contribution is 14.1. The normalized spacial score (nSPS) is 11.3. The molecule has 0 aromatic heterocycles. The summed E-state index contributed by atoms with van der Waals surface area (Å²) in [4.78, 5) is 10.9. The number of carbonyl (C=O) groups excluding carboxylic acids is 1. The summed E-state index contributed by atoms with van der Waals surface area (Å²) in [5, 5.41) is 1.64. The van der Waals surface area contributed by atoms with Gasteiger partial charge in [0.15, 0.2) is 0 Å². The van der Waals surface area contributed by atoms with Crippen molar-refractivity contribution in [2.75, 3.05) is 13.1 Å². The molecule has 0 aliphatic rings. The Balaban J connectivity index is 3.06. The van der Waals surface area contributed by atoms with E-state index in [4.69, 9.17) is 5.84 Å². The molecule has 0 aromatic rings. The second-order valence-electron chi connectivity index (χ2n) is 6.78. The Bertz CT molecular complexity index is 262. The molecule has 23 heavy (non-hydrogen) atoms. The monoisotopic (exact) mass is 438 g/mol. The van der Waals surface area contributed by atoms with Crippen molar-refractivity contribution in [1.29, 1.82) is 0 Å². The number of carbonyl (C=O) groups is 1. The Labute approximate surface area is 158 Å². The second kappa shape index (κ2) is 18.7. The molecule has 0 amide bonds. The minimum atomic E-state index is 0.117. The lowest BCUT2D eigenvalue weighted by molar-refractivity contribution is -0.110. The molecular formula is C19H39IN2O. The highest BCUT2D eigenvalue weighted by Crippen LogP contribution is 2.13. The van der Waals surface area contributed by atoms with E-state index in [-0.39, 0.29) is 3.79 Å². The molecule has 0 saturated carbocycles. The van der Waals surface area contributed by atoms with E-state index in [2.05, 4.69) is 6.92 Å². The summed E-state index contributed by atoms with van der Waals surface area (Å²) in [5.41, 5.74) is 0. The van der Waals surface area contributed by atoms with Crippen molar-refractivity contribution in [2.45, 2.75) is 103 Å². The first-order valence-corrected chi connectivity index (χ1v) is 10.9. The van der Waals surface area contributed by atoms with Crippen molar-refractivity contribution < 1.29 is 4.79 Å². The lowest BCUT2D eigenvalue weighted by atomic mass is 10.0. The van der Waals surface area contributed by atoms with Gasteiger partial charge in [0.2, 0.25) is 3.79 Å². The minimum Gasteiger partial charge on any atom is -0.286 e. The van der Waals surface area contributed by atoms with Crippen LogP contribution in [0.2, 0.25) is 0 Å². The van der Waals surface area contributed by atoms with Crippen LogP contribution in [0, 0.1) is 0 Å². The molecule has 0 fully saturated rings. The summed E-state index contributed by atoms with van der Waals surface area (Å²) in [6, 6.07) is 0. The fourth-order valence-electron chi connectivity index (χ4n) is 2.92. The second-order valence-corrected chi connectivity index (χ2v) is 7.98. The van der Waals surface area contributed by atoms with Crippen LogP contribution in [-0.2, 0) is 4.79 Å². The molecule has 138 valence electrons. The van der Waals surface area contributed by atoms with Crippen LogP contribution in [0.1, 0.15) is 103 Å². The molecule has 0 aliphatic carbocycles. The molecule has 0 unspecified atom stereocenters. The molecule has 0 atom stereocenters. The fourth-order valence-corrected chi connectivity index (χ4v) is 3.36. The molecule has 0 radical (unpaired) electrons. The third-order valence-corrected chi connectivity index (χ3v) is 4.72. The van der Waals surface area contributed by atoms with Crippen LogP contribution in [0.5, 0.6) is 0 Å². The van der Waals surface area contributed by atoms with Gasteiger partial charge in [-0.25, -0.2) is 5.01 Å². The lowest BCUT2D eigenvalue weighted by Gasteiger charge is -2.13. The number of hydrogen-bond donors (Lipinski definition) is 1. The minimum absolute atomic E-state index is 0.117. The number of unbranched alkanes of at least 4 members (excludes halogenated alkanes) is 14. The van der Waals surface area contributed by atoms with Gasteiger partial charge in [0.05, 0.1) is 6.54 Å². The Morgan fingerprint density at radius 3 is 1.43 bits per heavy atom. The third kappa shape index (κ3) is 20.3. The molecule has 0 heterocycles. The van der Waals surface area contributed by atoms with Crippen molar-refractivity contribution in [3.63, 3.8) is 0 Å². The van der Waals surface area contributed by atoms with Gasteiger partial charge in [-0.2, -0.15) is 0 Å². The van der Waals surface area contributed by atoms with E-state index in [0.717, 1.165) is 13.0 Å². The zero-order chi connectivity index (χ0) is 17.2. The summed E-state index contributed by atoms with van der Waals surface area (Å²) >= 11 is 1.80. The molecule has 4 heteroatoms. The predicted molar refractivity (Wildman–Crippen MR) is 110 cm³/mol. The first-order chi connectivity index (χ1) is 11.2. The first-order valence-electron chi connectivity index (χ1n) is 9.84. The van der Waals surface area contributed by atoms with Crippen LogP contribution in [-0.4, -0.2) is 21.9 Å². The van der Waals surface area contributed by atoms with E-state index in [0.29, 0.717) is 6.54 Å². The van der Waals surface area contributed by atoms with Crippen LogP contribution in [0.15, 0.2) is 0 Å². The summed E-state index contributed by atoms with van der Waals surface area (Å²) in [6.07, 6.45) is 20.6. The van der Waals surface area contributed by atoms with Gasteiger partial charge in [0.25, 0.3) is 0 Å². The number of halogens is 1. The maximum absolute atomic E-state index is 10.9. The average molecular weight is 438 g/mol. The molecule has 0 aliphatic heterocycles. The molecule has 0 bridgehead atoms. The van der Waals surface area contributed by atoms with Gasteiger partial charge in [-0.1, -0.05) is 96.8 Å². The van der Waals surface area contributed by atoms with E-state index < -0.39 is 0 Å². The molecule has 0 rings (SSSR count). The smallest absolute Gasteiger partial charge is 0.207 e. The summed E-state index contributed by atoms with van der Waals surface area (Å²) in [5.74, 6) is 5.74. The first kappa shape index (κ1) is 23.3. The predicted octanol–water partition coefficient (Wildman–Crippen LogP) is 6.00. The maximum Gasteiger partial charge on any atom is 0.207 e. The zero-order valence-corrected chi connectivity index (χ0v) is 17.5. The molecule has 2 N–H and O–H groups in total. The molecule has 3 nitrogen and oxygen atoms in total. The van der Waals surface area contributed by atoms with E-state index >= 15 is 0 Å². The summed E-state index contributed by atoms with van der Waals surface area (Å²) in [6.45, 7) is 3.49. The van der Waals surface area contributed by atoms with Crippen molar-refractivity contribution in [3.05, 3.63) is 0 Å². The van der Waals surface area contributed by atoms with Gasteiger partial charge in [-0.15, -0.1) is 0 Å². The average Bonchev–Trinajstić information content (AvgIpc) is 2.50. The summed E-state index contributed by atoms with van der Waals surface area (Å²) < 4.78 is 0.117. The molecule has 0 aromatic carbocycles. The van der Waals surface area contributed by atoms with Crippen LogP contribution >= 0.6 is 22.6 Å². The zero-order valence-electron chi connectivity index (χ0n) is 15.3. The molecule has 0 spiro atoms. The van der Waals surface area contributed by atoms with Gasteiger partial charge in [0.1, 0.15) is 0 Å². The van der Waals surface area contributed by atoms with Gasteiger partial charge in [-0.3, -0.25) is 10.6 Å². The largest absolute Gasteiger partial charge is 0.286 e. The van der Waals surface area contributed by atoms with E-state index in [1.165, 1.54) is 89.9 Å². The number of nitrogens with zero attached hydrogens (tertiary/aromatic N) is 1. The van der Waals surface area contributed by atoms with Gasteiger partial charge < -0.3 is 0 Å². The highest BCUT2D eigenvalue weighted by atomic mass is 127. The van der Waals surface area contributed by atoms with Gasteiger partial charge in [-0.05, 0) is 6.42 Å². The standard InChI is InChI=1S/C19H39IN2O/c1-2-3-4-5-6-7-8-9-10-11-12-13-14-15-16-17-22(21)18-19(20)23/h2-18,21H2,1H3. The van der Waals surface area contributed by atoms with E-state index in [9.17, 15) is 4.79 Å². The lowest BCUT2D eigenvalue weighted by Crippen LogP contribution is -2.35. The Hall–Kier alpha value is 0.320. The molecular weight excluding hydrogens is 399 g/mol. The Kier molecular flexibility index (Phi) is 18.9. The quantitative estimate of drug-likeness (QED) is 0.0939. The number of hydrazine groups is 1. The van der Waals surface area contributed by atoms with Crippen molar-refractivity contribution in [1.82, 2.24) is 5.01 Å². The van der Waals surface area contributed by atoms with Crippen LogP contribution in [0.4, 0.5) is 0 Å². The fraction of sp³-hybridized carbons (Fsp3) is 0.947. The molecule has 0 saturated heterocycles. The Morgan fingerprint density at radius 1 is 0.739 bits per heavy atom.